The first kappa shape index (κ1) is 13.9. The highest BCUT2D eigenvalue weighted by molar-refractivity contribution is 9.18. The van der Waals surface area contributed by atoms with Gasteiger partial charge in [0.05, 0.1) is 6.42 Å². The van der Waals surface area contributed by atoms with Gasteiger partial charge in [-0.05, 0) is 26.6 Å². The van der Waals surface area contributed by atoms with Crippen molar-refractivity contribution in [3.8, 4) is 0 Å². The molecule has 0 amide bonds. The van der Waals surface area contributed by atoms with Gasteiger partial charge < -0.3 is 9.68 Å². The summed E-state index contributed by atoms with van der Waals surface area (Å²) in [5, 5.41) is 15.1. The van der Waals surface area contributed by atoms with Crippen molar-refractivity contribution in [1.29, 1.82) is 0 Å². The van der Waals surface area contributed by atoms with Gasteiger partial charge in [-0.25, -0.2) is 4.79 Å². The van der Waals surface area contributed by atoms with E-state index in [4.69, 9.17) is 9.68 Å². The second-order valence-corrected chi connectivity index (χ2v) is 6.28. The van der Waals surface area contributed by atoms with Crippen LogP contribution in [0.5, 0.6) is 0 Å². The third-order valence-electron chi connectivity index (χ3n) is 2.19. The Hall–Kier alpha value is -1.51. The molecule has 0 fully saturated rings. The molecule has 0 spiro atoms. The maximum absolute atomic E-state index is 11.6. The molecule has 0 aliphatic carbocycles. The number of halogens is 1. The van der Waals surface area contributed by atoms with E-state index in [0.717, 1.165) is 4.96 Å². The molecule has 1 aliphatic rings. The lowest BCUT2D eigenvalue weighted by Crippen LogP contribution is -2.26. The number of tetrazole rings is 1. The summed E-state index contributed by atoms with van der Waals surface area (Å²) < 4.78 is 0.679. The van der Waals surface area contributed by atoms with Crippen molar-refractivity contribution in [2.75, 3.05) is 0 Å². The van der Waals surface area contributed by atoms with E-state index in [-0.39, 0.29) is 11.8 Å². The Morgan fingerprint density at radius 1 is 1.58 bits per heavy atom. The zero-order valence-electron chi connectivity index (χ0n) is 10.8. The zero-order valence-corrected chi connectivity index (χ0v) is 12.4. The summed E-state index contributed by atoms with van der Waals surface area (Å²) in [4.78, 5) is 22.4. The molecular formula is C10H14BrN5O3. The second kappa shape index (κ2) is 5.24. The van der Waals surface area contributed by atoms with Crippen LogP contribution in [0.1, 0.15) is 45.5 Å². The van der Waals surface area contributed by atoms with Gasteiger partial charge >= 0.3 is 5.97 Å². The summed E-state index contributed by atoms with van der Waals surface area (Å²) in [6.07, 6.45) is 0.393. The van der Waals surface area contributed by atoms with Crippen LogP contribution in [0.3, 0.4) is 0 Å². The Bertz CT molecular complexity index is 508. The Kier molecular flexibility index (Phi) is 3.83. The number of rotatable bonds is 3. The van der Waals surface area contributed by atoms with Crippen LogP contribution < -0.4 is 4.84 Å². The SMILES string of the molecule is CC(C)(C)CC(=O)On1nnc(C2CC(Br)=NO2)n1. The molecule has 1 atom stereocenters. The first-order chi connectivity index (χ1) is 8.83. The topological polar surface area (TPSA) is 91.5 Å². The van der Waals surface area contributed by atoms with Crippen molar-refractivity contribution in [2.45, 2.75) is 39.7 Å². The molecule has 0 N–H and O–H groups in total. The molecule has 0 saturated carbocycles. The van der Waals surface area contributed by atoms with E-state index < -0.39 is 12.1 Å². The maximum Gasteiger partial charge on any atom is 0.337 e. The quantitative estimate of drug-likeness (QED) is 0.773. The molecule has 2 heterocycles. The zero-order chi connectivity index (χ0) is 14.0. The first-order valence-electron chi connectivity index (χ1n) is 5.73. The van der Waals surface area contributed by atoms with Gasteiger partial charge in [0.1, 0.15) is 4.62 Å². The average molecular weight is 332 g/mol. The molecule has 1 unspecified atom stereocenters. The first-order valence-corrected chi connectivity index (χ1v) is 6.52. The van der Waals surface area contributed by atoms with Crippen molar-refractivity contribution >= 4 is 26.5 Å². The molecule has 8 nitrogen and oxygen atoms in total. The summed E-state index contributed by atoms with van der Waals surface area (Å²) in [5.41, 5.74) is -0.159. The van der Waals surface area contributed by atoms with E-state index >= 15 is 0 Å². The Morgan fingerprint density at radius 3 is 2.89 bits per heavy atom. The number of hydrogen-bond acceptors (Lipinski definition) is 7. The molecule has 1 aromatic rings. The molecule has 9 heteroatoms. The van der Waals surface area contributed by atoms with Gasteiger partial charge in [0.2, 0.25) is 5.82 Å². The average Bonchev–Trinajstić information content (AvgIpc) is 2.83. The van der Waals surface area contributed by atoms with Crippen molar-refractivity contribution in [3.63, 3.8) is 0 Å². The highest BCUT2D eigenvalue weighted by Crippen LogP contribution is 2.25. The highest BCUT2D eigenvalue weighted by atomic mass is 79.9. The fraction of sp³-hybridized carbons (Fsp3) is 0.700. The van der Waals surface area contributed by atoms with E-state index in [0.29, 0.717) is 16.9 Å². The van der Waals surface area contributed by atoms with E-state index in [1.807, 2.05) is 20.8 Å². The fourth-order valence-electron chi connectivity index (χ4n) is 1.42. The van der Waals surface area contributed by atoms with Crippen LogP contribution in [0.25, 0.3) is 0 Å². The molecule has 2 rings (SSSR count). The van der Waals surface area contributed by atoms with Crippen LogP contribution in [0.15, 0.2) is 5.16 Å². The van der Waals surface area contributed by atoms with E-state index in [9.17, 15) is 4.79 Å². The van der Waals surface area contributed by atoms with Gasteiger partial charge in [-0.15, -0.1) is 5.10 Å². The van der Waals surface area contributed by atoms with Gasteiger partial charge in [0.15, 0.2) is 6.10 Å². The van der Waals surface area contributed by atoms with Crippen molar-refractivity contribution in [3.05, 3.63) is 5.82 Å². The van der Waals surface area contributed by atoms with Crippen LogP contribution in [-0.4, -0.2) is 31.0 Å². The summed E-state index contributed by atoms with van der Waals surface area (Å²) in [7, 11) is 0. The predicted octanol–water partition coefficient (Wildman–Crippen LogP) is 1.23. The smallest absolute Gasteiger partial charge is 0.337 e. The lowest BCUT2D eigenvalue weighted by molar-refractivity contribution is -0.150. The monoisotopic (exact) mass is 331 g/mol. The van der Waals surface area contributed by atoms with Crippen LogP contribution >= 0.6 is 15.9 Å². The number of oxime groups is 1. The molecule has 0 bridgehead atoms. The summed E-state index contributed by atoms with van der Waals surface area (Å²) in [6, 6.07) is 0. The minimum atomic E-state index is -0.416. The Morgan fingerprint density at radius 2 is 2.32 bits per heavy atom. The number of carbonyl (C=O) groups excluding carboxylic acids is 1. The normalized spacial score (nSPS) is 18.9. The molecule has 104 valence electrons. The van der Waals surface area contributed by atoms with Crippen molar-refractivity contribution in [2.24, 2.45) is 10.6 Å². The summed E-state index contributed by atoms with van der Waals surface area (Å²) in [6.45, 7) is 5.82. The van der Waals surface area contributed by atoms with Gasteiger partial charge in [-0.1, -0.05) is 31.0 Å². The molecule has 0 aromatic carbocycles. The number of carbonyl (C=O) groups is 1. The minimum Gasteiger partial charge on any atom is -0.383 e. The Balaban J connectivity index is 1.93. The van der Waals surface area contributed by atoms with Crippen LogP contribution in [0.4, 0.5) is 0 Å². The van der Waals surface area contributed by atoms with Gasteiger partial charge in [-0.3, -0.25) is 0 Å². The van der Waals surface area contributed by atoms with E-state index in [2.05, 4.69) is 36.5 Å². The van der Waals surface area contributed by atoms with E-state index in [1.54, 1.807) is 0 Å². The largest absolute Gasteiger partial charge is 0.383 e. The predicted molar refractivity (Wildman–Crippen MR) is 68.3 cm³/mol. The second-order valence-electron chi connectivity index (χ2n) is 5.37. The van der Waals surface area contributed by atoms with E-state index in [1.165, 1.54) is 0 Å². The van der Waals surface area contributed by atoms with Crippen molar-refractivity contribution < 1.29 is 14.5 Å². The number of aromatic nitrogens is 4. The molecule has 1 aromatic heterocycles. The number of nitrogens with zero attached hydrogens (tertiary/aromatic N) is 5. The molecule has 1 aliphatic heterocycles. The molecule has 0 saturated heterocycles. The molecular weight excluding hydrogens is 318 g/mol. The maximum atomic E-state index is 11.6. The van der Waals surface area contributed by atoms with Crippen molar-refractivity contribution in [1.82, 2.24) is 20.4 Å². The van der Waals surface area contributed by atoms with Crippen LogP contribution in [-0.2, 0) is 9.63 Å². The third-order valence-corrected chi connectivity index (χ3v) is 2.66. The summed E-state index contributed by atoms with van der Waals surface area (Å²) >= 11 is 3.21. The van der Waals surface area contributed by atoms with Gasteiger partial charge in [0.25, 0.3) is 0 Å². The molecule has 19 heavy (non-hydrogen) atoms. The fourth-order valence-corrected chi connectivity index (χ4v) is 1.80. The Labute approximate surface area is 118 Å². The van der Waals surface area contributed by atoms with Gasteiger partial charge in [-0.2, -0.15) is 0 Å². The third kappa shape index (κ3) is 3.98. The number of hydrogen-bond donors (Lipinski definition) is 0. The lowest BCUT2D eigenvalue weighted by Gasteiger charge is -2.15. The minimum absolute atomic E-state index is 0.159. The molecule has 0 radical (unpaired) electrons. The summed E-state index contributed by atoms with van der Waals surface area (Å²) in [5.74, 6) is -0.0945. The standard InChI is InChI=1S/C10H14BrN5O3/c1-10(2,3)5-8(17)19-16-13-9(12-15-16)6-4-7(11)14-18-6/h6H,4-5H2,1-3H3. The van der Waals surface area contributed by atoms with Crippen LogP contribution in [0, 0.1) is 5.41 Å². The van der Waals surface area contributed by atoms with Gasteiger partial charge in [0, 0.05) is 11.4 Å². The highest BCUT2D eigenvalue weighted by Gasteiger charge is 2.27. The van der Waals surface area contributed by atoms with Crippen LogP contribution in [0.2, 0.25) is 0 Å². The lowest BCUT2D eigenvalue weighted by atomic mass is 9.93.